The minimum Gasteiger partial charge on any atom is -0.481 e. The average molecular weight is 340 g/mol. The Morgan fingerprint density at radius 1 is 1.45 bits per heavy atom. The molecule has 0 radical (unpaired) electrons. The van der Waals surface area contributed by atoms with Crippen LogP contribution in [-0.4, -0.2) is 35.0 Å². The van der Waals surface area contributed by atoms with E-state index in [1.165, 1.54) is 0 Å². The molecule has 0 bridgehead atoms. The van der Waals surface area contributed by atoms with Crippen molar-refractivity contribution in [3.63, 3.8) is 0 Å². The zero-order chi connectivity index (χ0) is 14.9. The standard InChI is InChI=1S/C15H18BrNO3/c1-3-15(14(19)20)6-7-17(9-15)13(18)12-5-4-11(16)8-10(12)2/h4-5,8H,3,6-7,9H2,1-2H3,(H,19,20). The van der Waals surface area contributed by atoms with E-state index in [1.54, 1.807) is 11.0 Å². The van der Waals surface area contributed by atoms with Crippen LogP contribution in [0.5, 0.6) is 0 Å². The average Bonchev–Trinajstić information content (AvgIpc) is 2.83. The number of carbonyl (C=O) groups is 2. The van der Waals surface area contributed by atoms with Gasteiger partial charge in [-0.2, -0.15) is 0 Å². The molecule has 1 N–H and O–H groups in total. The summed E-state index contributed by atoms with van der Waals surface area (Å²) in [6, 6.07) is 5.52. The van der Waals surface area contributed by atoms with Gasteiger partial charge in [0.25, 0.3) is 5.91 Å². The molecule has 0 aromatic heterocycles. The molecule has 1 aliphatic heterocycles. The van der Waals surface area contributed by atoms with Gasteiger partial charge in [0, 0.05) is 23.1 Å². The van der Waals surface area contributed by atoms with Gasteiger partial charge in [0.05, 0.1) is 5.41 Å². The number of likely N-dealkylation sites (tertiary alicyclic amines) is 1. The summed E-state index contributed by atoms with van der Waals surface area (Å²) in [5.41, 5.74) is 0.762. The zero-order valence-electron chi connectivity index (χ0n) is 11.6. The molecule has 2 rings (SSSR count). The van der Waals surface area contributed by atoms with E-state index in [0.717, 1.165) is 10.0 Å². The SMILES string of the molecule is CCC1(C(=O)O)CCN(C(=O)c2ccc(Br)cc2C)C1. The van der Waals surface area contributed by atoms with Crippen LogP contribution in [-0.2, 0) is 4.79 Å². The number of nitrogens with zero attached hydrogens (tertiary/aromatic N) is 1. The van der Waals surface area contributed by atoms with Crippen molar-refractivity contribution in [2.75, 3.05) is 13.1 Å². The second kappa shape index (κ2) is 5.56. The lowest BCUT2D eigenvalue weighted by Gasteiger charge is -2.23. The first kappa shape index (κ1) is 15.0. The van der Waals surface area contributed by atoms with Crippen molar-refractivity contribution in [2.24, 2.45) is 5.41 Å². The monoisotopic (exact) mass is 339 g/mol. The number of hydrogen-bond donors (Lipinski definition) is 1. The van der Waals surface area contributed by atoms with Gasteiger partial charge in [-0.25, -0.2) is 0 Å². The van der Waals surface area contributed by atoms with E-state index in [4.69, 9.17) is 0 Å². The lowest BCUT2D eigenvalue weighted by atomic mass is 9.84. The normalized spacial score (nSPS) is 22.1. The van der Waals surface area contributed by atoms with Crippen LogP contribution in [0.25, 0.3) is 0 Å². The molecule has 0 aliphatic carbocycles. The van der Waals surface area contributed by atoms with E-state index in [-0.39, 0.29) is 5.91 Å². The Kier molecular flexibility index (Phi) is 4.18. The highest BCUT2D eigenvalue weighted by Gasteiger charge is 2.44. The molecule has 0 saturated carbocycles. The van der Waals surface area contributed by atoms with Crippen LogP contribution in [0, 0.1) is 12.3 Å². The summed E-state index contributed by atoms with van der Waals surface area (Å²) in [4.78, 5) is 25.6. The summed E-state index contributed by atoms with van der Waals surface area (Å²) >= 11 is 3.37. The van der Waals surface area contributed by atoms with Crippen molar-refractivity contribution >= 4 is 27.8 Å². The predicted molar refractivity (Wildman–Crippen MR) is 79.8 cm³/mol. The summed E-state index contributed by atoms with van der Waals surface area (Å²) in [5.74, 6) is -0.880. The molecule has 1 aliphatic rings. The minimum absolute atomic E-state index is 0.0772. The second-order valence-electron chi connectivity index (χ2n) is 5.37. The molecule has 108 valence electrons. The maximum absolute atomic E-state index is 12.5. The van der Waals surface area contributed by atoms with Gasteiger partial charge in [0.15, 0.2) is 0 Å². The molecule has 1 saturated heterocycles. The van der Waals surface area contributed by atoms with Gasteiger partial charge in [0.1, 0.15) is 0 Å². The molecule has 1 heterocycles. The lowest BCUT2D eigenvalue weighted by molar-refractivity contribution is -0.148. The molecule has 5 heteroatoms. The van der Waals surface area contributed by atoms with Crippen LogP contribution in [0.2, 0.25) is 0 Å². The van der Waals surface area contributed by atoms with E-state index in [1.807, 2.05) is 26.0 Å². The first-order chi connectivity index (χ1) is 9.39. The van der Waals surface area contributed by atoms with Gasteiger partial charge in [-0.05, 0) is 43.5 Å². The van der Waals surface area contributed by atoms with E-state index < -0.39 is 11.4 Å². The zero-order valence-corrected chi connectivity index (χ0v) is 13.2. The number of halogens is 1. The Morgan fingerprint density at radius 2 is 2.15 bits per heavy atom. The van der Waals surface area contributed by atoms with Gasteiger partial charge >= 0.3 is 5.97 Å². The van der Waals surface area contributed by atoms with Crippen molar-refractivity contribution < 1.29 is 14.7 Å². The van der Waals surface area contributed by atoms with Gasteiger partial charge in [-0.3, -0.25) is 9.59 Å². The quantitative estimate of drug-likeness (QED) is 0.920. The number of carboxylic acid groups (broad SMARTS) is 1. The van der Waals surface area contributed by atoms with E-state index in [2.05, 4.69) is 15.9 Å². The number of benzene rings is 1. The number of aryl methyl sites for hydroxylation is 1. The molecule has 1 unspecified atom stereocenters. The summed E-state index contributed by atoms with van der Waals surface area (Å²) in [7, 11) is 0. The molecule has 4 nitrogen and oxygen atoms in total. The van der Waals surface area contributed by atoms with Gasteiger partial charge in [0.2, 0.25) is 0 Å². The second-order valence-corrected chi connectivity index (χ2v) is 6.29. The fraction of sp³-hybridized carbons (Fsp3) is 0.467. The maximum atomic E-state index is 12.5. The Labute approximate surface area is 126 Å². The molecule has 1 aromatic carbocycles. The molecular weight excluding hydrogens is 322 g/mol. The number of amides is 1. The third-order valence-corrected chi connectivity index (χ3v) is 4.68. The van der Waals surface area contributed by atoms with Crippen LogP contribution in [0.1, 0.15) is 35.7 Å². The number of hydrogen-bond acceptors (Lipinski definition) is 2. The molecule has 1 atom stereocenters. The van der Waals surface area contributed by atoms with Gasteiger partial charge in [-0.15, -0.1) is 0 Å². The first-order valence-corrected chi connectivity index (χ1v) is 7.48. The van der Waals surface area contributed by atoms with E-state index in [9.17, 15) is 14.7 Å². The van der Waals surface area contributed by atoms with Crippen LogP contribution in [0.3, 0.4) is 0 Å². The van der Waals surface area contributed by atoms with Crippen LogP contribution < -0.4 is 0 Å². The molecule has 1 aromatic rings. The Hall–Kier alpha value is -1.36. The molecule has 1 amide bonds. The van der Waals surface area contributed by atoms with Crippen molar-refractivity contribution in [1.82, 2.24) is 4.90 Å². The van der Waals surface area contributed by atoms with E-state index >= 15 is 0 Å². The topological polar surface area (TPSA) is 57.6 Å². The Bertz CT molecular complexity index is 558. The minimum atomic E-state index is -0.803. The third kappa shape index (κ3) is 2.59. The molecular formula is C15H18BrNO3. The lowest BCUT2D eigenvalue weighted by Crippen LogP contribution is -2.36. The van der Waals surface area contributed by atoms with Crippen molar-refractivity contribution in [2.45, 2.75) is 26.7 Å². The Morgan fingerprint density at radius 3 is 2.65 bits per heavy atom. The highest BCUT2D eigenvalue weighted by molar-refractivity contribution is 9.10. The number of aliphatic carboxylic acids is 1. The van der Waals surface area contributed by atoms with Crippen molar-refractivity contribution in [3.05, 3.63) is 33.8 Å². The fourth-order valence-corrected chi connectivity index (χ4v) is 3.17. The number of carbonyl (C=O) groups excluding carboxylic acids is 1. The number of carboxylic acids is 1. The summed E-state index contributed by atoms with van der Waals surface area (Å²) < 4.78 is 0.932. The van der Waals surface area contributed by atoms with E-state index in [0.29, 0.717) is 31.5 Å². The number of rotatable bonds is 3. The fourth-order valence-electron chi connectivity index (χ4n) is 2.70. The van der Waals surface area contributed by atoms with Gasteiger partial charge in [-0.1, -0.05) is 22.9 Å². The van der Waals surface area contributed by atoms with Gasteiger partial charge < -0.3 is 10.0 Å². The smallest absolute Gasteiger partial charge is 0.311 e. The summed E-state index contributed by atoms with van der Waals surface area (Å²) in [6.07, 6.45) is 1.07. The first-order valence-electron chi connectivity index (χ1n) is 6.68. The van der Waals surface area contributed by atoms with Crippen LogP contribution in [0.4, 0.5) is 0 Å². The molecule has 1 fully saturated rings. The van der Waals surface area contributed by atoms with Crippen molar-refractivity contribution in [1.29, 1.82) is 0 Å². The Balaban J connectivity index is 2.21. The third-order valence-electron chi connectivity index (χ3n) is 4.19. The van der Waals surface area contributed by atoms with Crippen LogP contribution >= 0.6 is 15.9 Å². The largest absolute Gasteiger partial charge is 0.481 e. The molecule has 20 heavy (non-hydrogen) atoms. The van der Waals surface area contributed by atoms with Crippen molar-refractivity contribution in [3.8, 4) is 0 Å². The highest BCUT2D eigenvalue weighted by Crippen LogP contribution is 2.35. The van der Waals surface area contributed by atoms with Crippen LogP contribution in [0.15, 0.2) is 22.7 Å². The summed E-state index contributed by atoms with van der Waals surface area (Å²) in [6.45, 7) is 4.56. The maximum Gasteiger partial charge on any atom is 0.311 e. The predicted octanol–water partition coefficient (Wildman–Crippen LogP) is 3.08. The highest BCUT2D eigenvalue weighted by atomic mass is 79.9. The molecule has 0 spiro atoms. The summed E-state index contributed by atoms with van der Waals surface area (Å²) in [5, 5.41) is 9.38.